The van der Waals surface area contributed by atoms with Crippen LogP contribution in [0.15, 0.2) is 47.4 Å². The van der Waals surface area contributed by atoms with Gasteiger partial charge in [0, 0.05) is 11.4 Å². The average molecular weight is 413 g/mol. The second-order valence-corrected chi connectivity index (χ2v) is 8.70. The van der Waals surface area contributed by atoms with Crippen LogP contribution in [0, 0.1) is 27.7 Å². The normalized spacial score (nSPS) is 11.5. The van der Waals surface area contributed by atoms with E-state index in [4.69, 9.17) is 5.14 Å². The zero-order valence-electron chi connectivity index (χ0n) is 16.9. The van der Waals surface area contributed by atoms with Crippen molar-refractivity contribution in [2.75, 3.05) is 5.32 Å². The fraction of sp³-hybridized carbons (Fsp3) is 0.238. The van der Waals surface area contributed by atoms with Crippen molar-refractivity contribution < 1.29 is 13.2 Å². The maximum atomic E-state index is 12.9. The van der Waals surface area contributed by atoms with E-state index in [2.05, 4.69) is 10.4 Å². The minimum atomic E-state index is -3.87. The molecular weight excluding hydrogens is 388 g/mol. The Hall–Kier alpha value is -2.97. The molecule has 0 aliphatic rings. The Bertz CT molecular complexity index is 1180. The number of benzene rings is 2. The van der Waals surface area contributed by atoms with Crippen molar-refractivity contribution in [3.05, 3.63) is 76.1 Å². The van der Waals surface area contributed by atoms with Gasteiger partial charge in [-0.1, -0.05) is 35.9 Å². The van der Waals surface area contributed by atoms with Crippen LogP contribution < -0.4 is 10.5 Å². The summed E-state index contributed by atoms with van der Waals surface area (Å²) in [6.45, 7) is 7.85. The van der Waals surface area contributed by atoms with Gasteiger partial charge in [0.15, 0.2) is 0 Å². The van der Waals surface area contributed by atoms with Gasteiger partial charge in [-0.2, -0.15) is 5.10 Å². The number of hydrogen-bond donors (Lipinski definition) is 2. The van der Waals surface area contributed by atoms with E-state index in [-0.39, 0.29) is 10.8 Å². The second-order valence-electron chi connectivity index (χ2n) is 7.17. The molecule has 0 saturated heterocycles. The molecule has 8 heteroatoms. The molecule has 0 aliphatic heterocycles. The molecule has 1 heterocycles. The number of aromatic nitrogens is 2. The maximum Gasteiger partial charge on any atom is 0.259 e. The lowest BCUT2D eigenvalue weighted by Crippen LogP contribution is -2.17. The molecule has 1 amide bonds. The van der Waals surface area contributed by atoms with Gasteiger partial charge in [0.1, 0.15) is 0 Å². The van der Waals surface area contributed by atoms with E-state index in [1.54, 1.807) is 30.7 Å². The standard InChI is InChI=1S/C21H24N4O3S/c1-13-5-8-17(9-6-13)12-25-16(4)20(15(3)24-25)21(26)23-18-10-7-14(2)19(11-18)29(22,27)28/h5-11H,12H2,1-4H3,(H,23,26)(H2,22,27,28). The Balaban J connectivity index is 1.87. The van der Waals surface area contributed by atoms with Gasteiger partial charge in [-0.15, -0.1) is 0 Å². The minimum Gasteiger partial charge on any atom is -0.322 e. The summed E-state index contributed by atoms with van der Waals surface area (Å²) < 4.78 is 25.2. The molecule has 29 heavy (non-hydrogen) atoms. The van der Waals surface area contributed by atoms with Crippen molar-refractivity contribution in [3.8, 4) is 0 Å². The van der Waals surface area contributed by atoms with Crippen LogP contribution in [-0.4, -0.2) is 24.1 Å². The van der Waals surface area contributed by atoms with E-state index >= 15 is 0 Å². The SMILES string of the molecule is Cc1ccc(Cn2nc(C)c(C(=O)Nc3ccc(C)c(S(N)(=O)=O)c3)c2C)cc1. The number of carbonyl (C=O) groups excluding carboxylic acids is 1. The van der Waals surface area contributed by atoms with Crippen LogP contribution >= 0.6 is 0 Å². The number of rotatable bonds is 5. The molecule has 0 aliphatic carbocycles. The third-order valence-electron chi connectivity index (χ3n) is 4.81. The first-order chi connectivity index (χ1) is 13.6. The smallest absolute Gasteiger partial charge is 0.259 e. The van der Waals surface area contributed by atoms with Crippen LogP contribution in [0.2, 0.25) is 0 Å². The number of amides is 1. The quantitative estimate of drug-likeness (QED) is 0.671. The van der Waals surface area contributed by atoms with Crippen molar-refractivity contribution in [2.24, 2.45) is 5.14 Å². The summed E-state index contributed by atoms with van der Waals surface area (Å²) in [7, 11) is -3.87. The van der Waals surface area contributed by atoms with Gasteiger partial charge in [0.2, 0.25) is 10.0 Å². The van der Waals surface area contributed by atoms with Gasteiger partial charge in [-0.25, -0.2) is 13.6 Å². The summed E-state index contributed by atoms with van der Waals surface area (Å²) in [5.41, 5.74) is 4.95. The number of anilines is 1. The molecule has 3 rings (SSSR count). The highest BCUT2D eigenvalue weighted by molar-refractivity contribution is 7.89. The fourth-order valence-corrected chi connectivity index (χ4v) is 4.03. The van der Waals surface area contributed by atoms with Gasteiger partial charge < -0.3 is 5.32 Å². The van der Waals surface area contributed by atoms with Gasteiger partial charge >= 0.3 is 0 Å². The summed E-state index contributed by atoms with van der Waals surface area (Å²) in [6, 6.07) is 12.8. The third-order valence-corrected chi connectivity index (χ3v) is 5.87. The summed E-state index contributed by atoms with van der Waals surface area (Å²) in [4.78, 5) is 12.9. The number of sulfonamides is 1. The molecule has 152 valence electrons. The van der Waals surface area contributed by atoms with E-state index in [9.17, 15) is 13.2 Å². The summed E-state index contributed by atoms with van der Waals surface area (Å²) in [5.74, 6) is -0.348. The van der Waals surface area contributed by atoms with Gasteiger partial charge in [-0.3, -0.25) is 9.48 Å². The van der Waals surface area contributed by atoms with E-state index in [1.807, 2.05) is 38.1 Å². The number of nitrogens with zero attached hydrogens (tertiary/aromatic N) is 2. The first kappa shape index (κ1) is 20.8. The van der Waals surface area contributed by atoms with Crippen molar-refractivity contribution in [1.29, 1.82) is 0 Å². The number of nitrogens with two attached hydrogens (primary N) is 1. The third kappa shape index (κ3) is 4.55. The molecule has 7 nitrogen and oxygen atoms in total. The highest BCUT2D eigenvalue weighted by atomic mass is 32.2. The number of carbonyl (C=O) groups is 1. The van der Waals surface area contributed by atoms with Gasteiger partial charge in [-0.05, 0) is 51.0 Å². The molecule has 0 unspecified atom stereocenters. The molecule has 3 aromatic rings. The highest BCUT2D eigenvalue weighted by Crippen LogP contribution is 2.21. The van der Waals surface area contributed by atoms with Crippen LogP contribution in [0.4, 0.5) is 5.69 Å². The summed E-state index contributed by atoms with van der Waals surface area (Å²) in [5, 5.41) is 12.5. The Kier molecular flexibility index (Phi) is 5.59. The predicted octanol–water partition coefficient (Wildman–Crippen LogP) is 3.06. The Morgan fingerprint density at radius 2 is 1.72 bits per heavy atom. The zero-order valence-corrected chi connectivity index (χ0v) is 17.7. The van der Waals surface area contributed by atoms with Crippen molar-refractivity contribution >= 4 is 21.6 Å². The van der Waals surface area contributed by atoms with E-state index in [1.165, 1.54) is 11.6 Å². The number of nitrogens with one attached hydrogen (secondary N) is 1. The zero-order chi connectivity index (χ0) is 21.3. The van der Waals surface area contributed by atoms with Crippen LogP contribution in [0.1, 0.15) is 38.4 Å². The van der Waals surface area contributed by atoms with Gasteiger partial charge in [0.25, 0.3) is 5.91 Å². The molecule has 3 N–H and O–H groups in total. The Labute approximate surface area is 170 Å². The molecule has 2 aromatic carbocycles. The first-order valence-corrected chi connectivity index (χ1v) is 10.6. The molecule has 0 bridgehead atoms. The topological polar surface area (TPSA) is 107 Å². The van der Waals surface area contributed by atoms with Crippen LogP contribution in [0.3, 0.4) is 0 Å². The Morgan fingerprint density at radius 1 is 1.07 bits per heavy atom. The largest absolute Gasteiger partial charge is 0.322 e. The Morgan fingerprint density at radius 3 is 2.34 bits per heavy atom. The first-order valence-electron chi connectivity index (χ1n) is 9.10. The lowest BCUT2D eigenvalue weighted by molar-refractivity contribution is 0.102. The van der Waals surface area contributed by atoms with E-state index < -0.39 is 10.0 Å². The van der Waals surface area contributed by atoms with E-state index in [0.29, 0.717) is 29.1 Å². The van der Waals surface area contributed by atoms with E-state index in [0.717, 1.165) is 11.3 Å². The van der Waals surface area contributed by atoms with Crippen molar-refractivity contribution in [3.63, 3.8) is 0 Å². The molecule has 1 aromatic heterocycles. The lowest BCUT2D eigenvalue weighted by atomic mass is 10.1. The summed E-state index contributed by atoms with van der Waals surface area (Å²) in [6.07, 6.45) is 0. The second kappa shape index (κ2) is 7.81. The highest BCUT2D eigenvalue weighted by Gasteiger charge is 2.20. The van der Waals surface area contributed by atoms with Crippen molar-refractivity contribution in [1.82, 2.24) is 9.78 Å². The van der Waals surface area contributed by atoms with Crippen molar-refractivity contribution in [2.45, 2.75) is 39.1 Å². The molecule has 0 spiro atoms. The molecular formula is C21H24N4O3S. The molecule has 0 radical (unpaired) electrons. The molecule has 0 saturated carbocycles. The fourth-order valence-electron chi connectivity index (χ4n) is 3.22. The predicted molar refractivity (Wildman–Crippen MR) is 112 cm³/mol. The lowest BCUT2D eigenvalue weighted by Gasteiger charge is -2.10. The van der Waals surface area contributed by atoms with Gasteiger partial charge in [0.05, 0.1) is 22.7 Å². The van der Waals surface area contributed by atoms with Crippen LogP contribution in [-0.2, 0) is 16.6 Å². The molecule has 0 atom stereocenters. The average Bonchev–Trinajstić information content (AvgIpc) is 2.91. The maximum absolute atomic E-state index is 12.9. The van der Waals surface area contributed by atoms with Crippen LogP contribution in [0.25, 0.3) is 0 Å². The number of hydrogen-bond acceptors (Lipinski definition) is 4. The minimum absolute atomic E-state index is 0.0150. The van der Waals surface area contributed by atoms with Crippen LogP contribution in [0.5, 0.6) is 0 Å². The number of primary sulfonamides is 1. The monoisotopic (exact) mass is 412 g/mol. The molecule has 0 fully saturated rings. The summed E-state index contributed by atoms with van der Waals surface area (Å²) >= 11 is 0. The number of aryl methyl sites for hydroxylation is 3.